The van der Waals surface area contributed by atoms with Crippen LogP contribution in [-0.2, 0) is 9.53 Å². The Morgan fingerprint density at radius 1 is 1.50 bits per heavy atom. The Labute approximate surface area is 121 Å². The number of phenolic OH excluding ortho intramolecular Hbond substituents is 1. The van der Waals surface area contributed by atoms with Crippen molar-refractivity contribution in [3.8, 4) is 5.75 Å². The van der Waals surface area contributed by atoms with Crippen LogP contribution in [-0.4, -0.2) is 17.7 Å². The van der Waals surface area contributed by atoms with Gasteiger partial charge in [-0.25, -0.2) is 0 Å². The van der Waals surface area contributed by atoms with Gasteiger partial charge in [0.05, 0.1) is 18.1 Å². The molecule has 1 rings (SSSR count). The number of carbonyl (C=O) groups is 1. The number of halogens is 3. The summed E-state index contributed by atoms with van der Waals surface area (Å²) in [5.74, 6) is -0.594. The Bertz CT molecular complexity index is 426. The molecule has 0 aliphatic heterocycles. The zero-order chi connectivity index (χ0) is 13.0. The van der Waals surface area contributed by atoms with Crippen LogP contribution in [0.15, 0.2) is 12.1 Å². The topological polar surface area (TPSA) is 72.5 Å². The van der Waals surface area contributed by atoms with E-state index >= 15 is 0 Å². The van der Waals surface area contributed by atoms with E-state index in [9.17, 15) is 9.90 Å². The second-order valence-corrected chi connectivity index (χ2v) is 4.28. The maximum atomic E-state index is 11.3. The van der Waals surface area contributed by atoms with Crippen molar-refractivity contribution in [1.29, 1.82) is 0 Å². The van der Waals surface area contributed by atoms with Gasteiger partial charge >= 0.3 is 5.97 Å². The maximum absolute atomic E-state index is 11.3. The van der Waals surface area contributed by atoms with E-state index < -0.39 is 12.0 Å². The standard InChI is InChI=1S/C11H13Cl2NO3.ClH/c1-2-17-10(15)5-9(14)7-3-6(12)4-8(13)11(7)16;/h3-4,9,16H,2,5,14H2,1H3;1H/t9-;/m0./s1. The van der Waals surface area contributed by atoms with Gasteiger partial charge in [-0.15, -0.1) is 12.4 Å². The van der Waals surface area contributed by atoms with Gasteiger partial charge in [0.2, 0.25) is 0 Å². The van der Waals surface area contributed by atoms with Crippen molar-refractivity contribution in [2.75, 3.05) is 6.61 Å². The number of ether oxygens (including phenoxy) is 1. The van der Waals surface area contributed by atoms with E-state index in [0.29, 0.717) is 10.6 Å². The second-order valence-electron chi connectivity index (χ2n) is 3.44. The van der Waals surface area contributed by atoms with E-state index in [1.807, 2.05) is 0 Å². The molecule has 0 bridgehead atoms. The number of aromatic hydroxyl groups is 1. The van der Waals surface area contributed by atoms with Crippen LogP contribution in [0, 0.1) is 0 Å². The van der Waals surface area contributed by atoms with Crippen molar-refractivity contribution >= 4 is 41.6 Å². The summed E-state index contributed by atoms with van der Waals surface area (Å²) in [4.78, 5) is 11.3. The summed E-state index contributed by atoms with van der Waals surface area (Å²) in [5, 5.41) is 10.2. The molecule has 4 nitrogen and oxygen atoms in total. The number of rotatable bonds is 4. The second kappa shape index (κ2) is 7.69. The Balaban J connectivity index is 0.00000289. The molecule has 1 atom stereocenters. The normalized spacial score (nSPS) is 11.6. The van der Waals surface area contributed by atoms with Gasteiger partial charge in [0, 0.05) is 16.6 Å². The third-order valence-corrected chi connectivity index (χ3v) is 2.66. The fourth-order valence-corrected chi connectivity index (χ4v) is 1.89. The highest BCUT2D eigenvalue weighted by molar-refractivity contribution is 6.35. The summed E-state index contributed by atoms with van der Waals surface area (Å²) in [7, 11) is 0. The van der Waals surface area contributed by atoms with Gasteiger partial charge in [0.1, 0.15) is 5.75 Å². The highest BCUT2D eigenvalue weighted by Gasteiger charge is 2.18. The van der Waals surface area contributed by atoms with Crippen molar-refractivity contribution in [1.82, 2.24) is 0 Å². The molecule has 0 radical (unpaired) electrons. The van der Waals surface area contributed by atoms with Gasteiger partial charge in [-0.3, -0.25) is 4.79 Å². The van der Waals surface area contributed by atoms with E-state index in [1.165, 1.54) is 12.1 Å². The molecule has 3 N–H and O–H groups in total. The summed E-state index contributed by atoms with van der Waals surface area (Å²) < 4.78 is 4.77. The predicted molar refractivity (Wildman–Crippen MR) is 73.6 cm³/mol. The first-order valence-electron chi connectivity index (χ1n) is 5.04. The molecule has 0 heterocycles. The van der Waals surface area contributed by atoms with Crippen molar-refractivity contribution in [2.24, 2.45) is 5.73 Å². The Hall–Kier alpha value is -0.680. The smallest absolute Gasteiger partial charge is 0.307 e. The maximum Gasteiger partial charge on any atom is 0.307 e. The van der Waals surface area contributed by atoms with Crippen LogP contribution in [0.4, 0.5) is 0 Å². The number of phenols is 1. The fourth-order valence-electron chi connectivity index (χ4n) is 1.38. The molecular weight excluding hydrogens is 300 g/mol. The Morgan fingerprint density at radius 2 is 2.11 bits per heavy atom. The lowest BCUT2D eigenvalue weighted by molar-refractivity contribution is -0.143. The van der Waals surface area contributed by atoms with Gasteiger partial charge in [0.25, 0.3) is 0 Å². The zero-order valence-electron chi connectivity index (χ0n) is 9.65. The summed E-state index contributed by atoms with van der Waals surface area (Å²) in [5.41, 5.74) is 6.12. The molecule has 1 aromatic rings. The zero-order valence-corrected chi connectivity index (χ0v) is 12.0. The first-order valence-corrected chi connectivity index (χ1v) is 5.80. The largest absolute Gasteiger partial charge is 0.506 e. The van der Waals surface area contributed by atoms with Gasteiger partial charge in [0.15, 0.2) is 0 Å². The quantitative estimate of drug-likeness (QED) is 0.838. The molecule has 0 saturated heterocycles. The minimum atomic E-state index is -0.703. The monoisotopic (exact) mass is 313 g/mol. The molecular formula is C11H14Cl3NO3. The minimum absolute atomic E-state index is 0. The molecule has 7 heteroatoms. The number of nitrogens with two attached hydrogens (primary N) is 1. The summed E-state index contributed by atoms with van der Waals surface area (Å²) in [6, 6.07) is 2.18. The number of hydrogen-bond acceptors (Lipinski definition) is 4. The molecule has 0 unspecified atom stereocenters. The molecule has 0 amide bonds. The van der Waals surface area contributed by atoms with Crippen LogP contribution in [0.25, 0.3) is 0 Å². The summed E-state index contributed by atoms with van der Waals surface area (Å²) in [6.45, 7) is 1.99. The van der Waals surface area contributed by atoms with Crippen molar-refractivity contribution in [3.63, 3.8) is 0 Å². The van der Waals surface area contributed by atoms with Crippen LogP contribution >= 0.6 is 35.6 Å². The number of benzene rings is 1. The molecule has 0 aromatic heterocycles. The van der Waals surface area contributed by atoms with Crippen molar-refractivity contribution < 1.29 is 14.6 Å². The van der Waals surface area contributed by atoms with Gasteiger partial charge < -0.3 is 15.6 Å². The van der Waals surface area contributed by atoms with Crippen LogP contribution < -0.4 is 5.73 Å². The van der Waals surface area contributed by atoms with Gasteiger partial charge in [-0.1, -0.05) is 23.2 Å². The first-order chi connectivity index (χ1) is 7.95. The highest BCUT2D eigenvalue weighted by atomic mass is 35.5. The van der Waals surface area contributed by atoms with Crippen molar-refractivity contribution in [3.05, 3.63) is 27.7 Å². The third kappa shape index (κ3) is 4.53. The fraction of sp³-hybridized carbons (Fsp3) is 0.364. The third-order valence-electron chi connectivity index (χ3n) is 2.15. The van der Waals surface area contributed by atoms with Crippen LogP contribution in [0.2, 0.25) is 10.0 Å². The molecule has 0 saturated carbocycles. The number of hydrogen-bond donors (Lipinski definition) is 2. The Kier molecular flexibility index (Phi) is 7.40. The summed E-state index contributed by atoms with van der Waals surface area (Å²) in [6.07, 6.45) is -0.0436. The summed E-state index contributed by atoms with van der Waals surface area (Å²) >= 11 is 11.6. The number of carbonyl (C=O) groups excluding carboxylic acids is 1. The average Bonchev–Trinajstić information content (AvgIpc) is 2.23. The molecule has 0 aliphatic rings. The molecule has 18 heavy (non-hydrogen) atoms. The van der Waals surface area contributed by atoms with E-state index in [0.717, 1.165) is 0 Å². The van der Waals surface area contributed by atoms with Crippen LogP contribution in [0.5, 0.6) is 5.75 Å². The van der Waals surface area contributed by atoms with Crippen LogP contribution in [0.3, 0.4) is 0 Å². The van der Waals surface area contributed by atoms with E-state index in [1.54, 1.807) is 6.92 Å². The molecule has 0 aliphatic carbocycles. The lowest BCUT2D eigenvalue weighted by Crippen LogP contribution is -2.17. The van der Waals surface area contributed by atoms with Crippen molar-refractivity contribution in [2.45, 2.75) is 19.4 Å². The van der Waals surface area contributed by atoms with Gasteiger partial charge in [-0.2, -0.15) is 0 Å². The lowest BCUT2D eigenvalue weighted by Gasteiger charge is -2.14. The predicted octanol–water partition coefficient (Wildman–Crippen LogP) is 3.07. The van der Waals surface area contributed by atoms with Crippen LogP contribution in [0.1, 0.15) is 24.9 Å². The highest BCUT2D eigenvalue weighted by Crippen LogP contribution is 2.35. The number of esters is 1. The average molecular weight is 315 g/mol. The molecule has 0 spiro atoms. The van der Waals surface area contributed by atoms with E-state index in [4.69, 9.17) is 33.7 Å². The Morgan fingerprint density at radius 3 is 2.67 bits per heavy atom. The first kappa shape index (κ1) is 17.3. The van der Waals surface area contributed by atoms with Gasteiger partial charge in [-0.05, 0) is 19.1 Å². The van der Waals surface area contributed by atoms with E-state index in [2.05, 4.69) is 0 Å². The van der Waals surface area contributed by atoms with E-state index in [-0.39, 0.29) is 36.2 Å². The SMILES string of the molecule is CCOC(=O)C[C@H](N)c1cc(Cl)cc(Cl)c1O.Cl. The molecule has 0 fully saturated rings. The molecule has 102 valence electrons. The minimum Gasteiger partial charge on any atom is -0.506 e. The molecule has 1 aromatic carbocycles. The lowest BCUT2D eigenvalue weighted by atomic mass is 10.0.